The van der Waals surface area contributed by atoms with E-state index in [0.717, 1.165) is 35.6 Å². The van der Waals surface area contributed by atoms with E-state index in [1.165, 1.54) is 24.1 Å². The normalized spacial score (nSPS) is 13.9. The number of amides is 2. The Labute approximate surface area is 286 Å². The summed E-state index contributed by atoms with van der Waals surface area (Å²) in [7, 11) is -2.75. The number of nitrogens with zero attached hydrogens (tertiary/aromatic N) is 2. The van der Waals surface area contributed by atoms with Crippen LogP contribution in [0.4, 0.5) is 5.69 Å². The Morgan fingerprint density at radius 3 is 2.23 bits per heavy atom. The molecule has 1 N–H and O–H groups in total. The number of benzene rings is 4. The molecular weight excluding hydrogens is 657 g/mol. The summed E-state index contributed by atoms with van der Waals surface area (Å²) in [5, 5.41) is 3.92. The molecule has 0 spiro atoms. The number of sulfonamides is 1. The SMILES string of the molecule is COc1cccc(N(CC(=O)N(Cc2ccc(Cl)cc2Cl)[C@H](Cc2ccccc2)C(=O)NC2CCCC2)S(=O)(=O)c2ccccc2)c1. The van der Waals surface area contributed by atoms with Crippen molar-refractivity contribution in [3.63, 3.8) is 0 Å². The zero-order valence-electron chi connectivity index (χ0n) is 26.0. The molecule has 1 atom stereocenters. The van der Waals surface area contributed by atoms with Gasteiger partial charge in [-0.25, -0.2) is 8.42 Å². The number of nitrogens with one attached hydrogen (secondary N) is 1. The monoisotopic (exact) mass is 693 g/mol. The van der Waals surface area contributed by atoms with Crippen molar-refractivity contribution in [2.45, 2.75) is 55.6 Å². The molecule has 0 heterocycles. The number of carbonyl (C=O) groups excluding carboxylic acids is 2. The number of rotatable bonds is 13. The lowest BCUT2D eigenvalue weighted by molar-refractivity contribution is -0.140. The molecule has 5 rings (SSSR count). The average molecular weight is 695 g/mol. The highest BCUT2D eigenvalue weighted by atomic mass is 35.5. The Kier molecular flexibility index (Phi) is 11.4. The Morgan fingerprint density at radius 1 is 0.894 bits per heavy atom. The fourth-order valence-corrected chi connectivity index (χ4v) is 7.66. The minimum Gasteiger partial charge on any atom is -0.497 e. The first-order chi connectivity index (χ1) is 22.7. The maximum Gasteiger partial charge on any atom is 0.264 e. The number of hydrogen-bond acceptors (Lipinski definition) is 5. The molecule has 4 aromatic rings. The lowest BCUT2D eigenvalue weighted by Crippen LogP contribution is -2.54. The van der Waals surface area contributed by atoms with Crippen LogP contribution >= 0.6 is 23.2 Å². The van der Waals surface area contributed by atoms with Crippen LogP contribution < -0.4 is 14.4 Å². The Hall–Kier alpha value is -4.05. The zero-order chi connectivity index (χ0) is 33.4. The maximum absolute atomic E-state index is 14.7. The van der Waals surface area contributed by atoms with E-state index in [9.17, 15) is 18.0 Å². The molecule has 0 radical (unpaired) electrons. The van der Waals surface area contributed by atoms with Gasteiger partial charge in [-0.05, 0) is 60.4 Å². The first-order valence-electron chi connectivity index (χ1n) is 15.5. The van der Waals surface area contributed by atoms with Gasteiger partial charge in [0.1, 0.15) is 18.3 Å². The fourth-order valence-electron chi connectivity index (χ4n) is 5.77. The van der Waals surface area contributed by atoms with Gasteiger partial charge in [-0.1, -0.05) is 96.7 Å². The van der Waals surface area contributed by atoms with Crippen LogP contribution in [0.2, 0.25) is 10.0 Å². The van der Waals surface area contributed by atoms with Crippen LogP contribution in [0.25, 0.3) is 0 Å². The molecule has 8 nitrogen and oxygen atoms in total. The quantitative estimate of drug-likeness (QED) is 0.164. The third kappa shape index (κ3) is 8.66. The number of halogens is 2. The molecule has 246 valence electrons. The largest absolute Gasteiger partial charge is 0.497 e. The van der Waals surface area contributed by atoms with Crippen molar-refractivity contribution in [2.24, 2.45) is 0 Å². The van der Waals surface area contributed by atoms with Crippen molar-refractivity contribution >= 4 is 50.7 Å². The summed E-state index contributed by atoms with van der Waals surface area (Å²) in [6.07, 6.45) is 3.97. The minimum atomic E-state index is -4.23. The van der Waals surface area contributed by atoms with Crippen LogP contribution in [0.5, 0.6) is 5.75 Å². The van der Waals surface area contributed by atoms with Gasteiger partial charge in [0.05, 0.1) is 17.7 Å². The maximum atomic E-state index is 14.7. The molecule has 1 aliphatic carbocycles. The minimum absolute atomic E-state index is 0.00332. The van der Waals surface area contributed by atoms with E-state index in [-0.39, 0.29) is 35.5 Å². The Morgan fingerprint density at radius 2 is 1.57 bits per heavy atom. The fraction of sp³-hybridized carbons (Fsp3) is 0.278. The van der Waals surface area contributed by atoms with Crippen molar-refractivity contribution in [1.82, 2.24) is 10.2 Å². The van der Waals surface area contributed by atoms with Gasteiger partial charge in [0.2, 0.25) is 11.8 Å². The van der Waals surface area contributed by atoms with Gasteiger partial charge >= 0.3 is 0 Å². The second-order valence-corrected chi connectivity index (χ2v) is 14.2. The van der Waals surface area contributed by atoms with E-state index < -0.39 is 28.5 Å². The summed E-state index contributed by atoms with van der Waals surface area (Å²) in [5.41, 5.74) is 1.65. The van der Waals surface area contributed by atoms with E-state index in [1.807, 2.05) is 30.3 Å². The molecule has 47 heavy (non-hydrogen) atoms. The summed E-state index contributed by atoms with van der Waals surface area (Å²) in [6.45, 7) is -0.640. The molecule has 11 heteroatoms. The lowest BCUT2D eigenvalue weighted by Gasteiger charge is -2.34. The molecule has 0 aromatic heterocycles. The van der Waals surface area contributed by atoms with Crippen LogP contribution in [0.1, 0.15) is 36.8 Å². The molecule has 1 saturated carbocycles. The predicted molar refractivity (Wildman–Crippen MR) is 185 cm³/mol. The summed E-state index contributed by atoms with van der Waals surface area (Å²) in [5.74, 6) is -0.468. The van der Waals surface area contributed by atoms with Gasteiger partial charge in [-0.2, -0.15) is 0 Å². The van der Waals surface area contributed by atoms with Crippen molar-refractivity contribution < 1.29 is 22.7 Å². The number of anilines is 1. The van der Waals surface area contributed by atoms with Gasteiger partial charge in [0, 0.05) is 35.1 Å². The highest BCUT2D eigenvalue weighted by molar-refractivity contribution is 7.92. The molecule has 0 saturated heterocycles. The van der Waals surface area contributed by atoms with Crippen LogP contribution in [-0.4, -0.2) is 50.9 Å². The van der Waals surface area contributed by atoms with E-state index in [0.29, 0.717) is 21.4 Å². The van der Waals surface area contributed by atoms with Crippen LogP contribution in [0.15, 0.2) is 108 Å². The molecule has 1 fully saturated rings. The highest BCUT2D eigenvalue weighted by Gasteiger charge is 2.36. The van der Waals surface area contributed by atoms with E-state index in [4.69, 9.17) is 27.9 Å². The van der Waals surface area contributed by atoms with Gasteiger partial charge in [0.15, 0.2) is 0 Å². The second kappa shape index (κ2) is 15.7. The van der Waals surface area contributed by atoms with E-state index in [1.54, 1.807) is 60.7 Å². The summed E-state index contributed by atoms with van der Waals surface area (Å²) < 4.78 is 34.8. The standard InChI is InChI=1S/C36H37Cl2N3O5S/c1-46-31-16-10-15-30(23-31)41(47(44,45)32-17-6-3-7-18-32)25-35(42)40(24-27-19-20-28(37)22-33(27)38)34(21-26-11-4-2-5-12-26)36(43)39-29-13-8-9-14-29/h2-7,10-12,15-20,22-23,29,34H,8-9,13-14,21,24-25H2,1H3,(H,39,43)/t34-/m1/s1. The number of methoxy groups -OCH3 is 1. The van der Waals surface area contributed by atoms with Crippen molar-refractivity contribution in [3.8, 4) is 5.75 Å². The van der Waals surface area contributed by atoms with Gasteiger partial charge in [0.25, 0.3) is 10.0 Å². The van der Waals surface area contributed by atoms with Crippen LogP contribution in [-0.2, 0) is 32.6 Å². The molecule has 0 bridgehead atoms. The van der Waals surface area contributed by atoms with Crippen molar-refractivity contribution in [2.75, 3.05) is 18.0 Å². The van der Waals surface area contributed by atoms with Crippen LogP contribution in [0, 0.1) is 0 Å². The van der Waals surface area contributed by atoms with Crippen molar-refractivity contribution in [1.29, 1.82) is 0 Å². The molecule has 2 amide bonds. The third-order valence-electron chi connectivity index (χ3n) is 8.28. The predicted octanol–water partition coefficient (Wildman–Crippen LogP) is 6.90. The lowest BCUT2D eigenvalue weighted by atomic mass is 10.0. The Balaban J connectivity index is 1.59. The first-order valence-corrected chi connectivity index (χ1v) is 17.6. The Bertz CT molecular complexity index is 1790. The van der Waals surface area contributed by atoms with Gasteiger partial charge < -0.3 is 15.0 Å². The number of hydrogen-bond donors (Lipinski definition) is 1. The first kappa shape index (κ1) is 34.3. The molecular formula is C36H37Cl2N3O5S. The number of carbonyl (C=O) groups is 2. The molecule has 0 aliphatic heterocycles. The molecule has 0 unspecified atom stereocenters. The number of ether oxygens (including phenoxy) is 1. The van der Waals surface area contributed by atoms with Gasteiger partial charge in [-0.15, -0.1) is 0 Å². The van der Waals surface area contributed by atoms with E-state index in [2.05, 4.69) is 5.32 Å². The highest BCUT2D eigenvalue weighted by Crippen LogP contribution is 2.29. The van der Waals surface area contributed by atoms with E-state index >= 15 is 0 Å². The summed E-state index contributed by atoms with van der Waals surface area (Å²) >= 11 is 12.8. The third-order valence-corrected chi connectivity index (χ3v) is 10.7. The zero-order valence-corrected chi connectivity index (χ0v) is 28.3. The topological polar surface area (TPSA) is 96.0 Å². The smallest absolute Gasteiger partial charge is 0.264 e. The summed E-state index contributed by atoms with van der Waals surface area (Å²) in [4.78, 5) is 30.2. The molecule has 4 aromatic carbocycles. The second-order valence-electron chi connectivity index (χ2n) is 11.5. The van der Waals surface area contributed by atoms with Gasteiger partial charge in [-0.3, -0.25) is 13.9 Å². The van der Waals surface area contributed by atoms with Crippen molar-refractivity contribution in [3.05, 3.63) is 124 Å². The summed E-state index contributed by atoms with van der Waals surface area (Å²) in [6, 6.07) is 27.8. The average Bonchev–Trinajstić information content (AvgIpc) is 3.59. The molecule has 1 aliphatic rings. The van der Waals surface area contributed by atoms with Crippen LogP contribution in [0.3, 0.4) is 0 Å².